The molecule has 0 radical (unpaired) electrons. The zero-order chi connectivity index (χ0) is 13.9. The molecule has 1 heterocycles. The molecule has 1 aliphatic heterocycles. The second kappa shape index (κ2) is 5.49. The maximum absolute atomic E-state index is 4.52. The van der Waals surface area contributed by atoms with Crippen LogP contribution in [-0.4, -0.2) is 11.2 Å². The van der Waals surface area contributed by atoms with Crippen LogP contribution in [0.1, 0.15) is 36.5 Å². The number of aliphatic imine (C=N–C) groups is 1. The first kappa shape index (κ1) is 12.9. The van der Waals surface area contributed by atoms with Crippen LogP contribution in [-0.2, 0) is 13.1 Å². The molecular weight excluding hydrogens is 244 g/mol. The van der Waals surface area contributed by atoms with Gasteiger partial charge in [-0.2, -0.15) is 0 Å². The van der Waals surface area contributed by atoms with Crippen LogP contribution in [0.2, 0.25) is 0 Å². The van der Waals surface area contributed by atoms with E-state index in [1.165, 1.54) is 16.7 Å². The second-order valence-electron chi connectivity index (χ2n) is 5.67. The van der Waals surface area contributed by atoms with Gasteiger partial charge in [0.15, 0.2) is 0 Å². The number of fused-ring (bicyclic) bond motifs is 1. The molecule has 0 N–H and O–H groups in total. The zero-order valence-corrected chi connectivity index (χ0v) is 12.1. The highest BCUT2D eigenvalue weighted by atomic mass is 15.2. The van der Waals surface area contributed by atoms with Gasteiger partial charge in [-0.15, -0.1) is 0 Å². The molecule has 0 spiro atoms. The highest BCUT2D eigenvalue weighted by Gasteiger charge is 2.11. The van der Waals surface area contributed by atoms with Crippen molar-refractivity contribution in [2.45, 2.75) is 32.9 Å². The third-order valence-corrected chi connectivity index (χ3v) is 3.76. The first-order valence-corrected chi connectivity index (χ1v) is 7.17. The summed E-state index contributed by atoms with van der Waals surface area (Å²) in [7, 11) is 0. The zero-order valence-electron chi connectivity index (χ0n) is 12.1. The van der Waals surface area contributed by atoms with Crippen LogP contribution in [0.3, 0.4) is 0 Å². The molecule has 0 saturated heterocycles. The van der Waals surface area contributed by atoms with E-state index >= 15 is 0 Å². The highest BCUT2D eigenvalue weighted by molar-refractivity contribution is 5.66. The molecule has 0 aliphatic carbocycles. The van der Waals surface area contributed by atoms with Gasteiger partial charge in [-0.25, -0.2) is 4.99 Å². The topological polar surface area (TPSA) is 15.6 Å². The van der Waals surface area contributed by atoms with Gasteiger partial charge in [0.1, 0.15) is 0 Å². The number of hydrogen-bond donors (Lipinski definition) is 0. The number of rotatable bonds is 3. The molecule has 2 aromatic carbocycles. The molecule has 2 aromatic rings. The van der Waals surface area contributed by atoms with E-state index in [1.807, 2.05) is 12.4 Å². The Kier molecular flexibility index (Phi) is 3.55. The van der Waals surface area contributed by atoms with Gasteiger partial charge in [0.25, 0.3) is 0 Å². The summed E-state index contributed by atoms with van der Waals surface area (Å²) >= 11 is 0. The van der Waals surface area contributed by atoms with E-state index < -0.39 is 0 Å². The molecule has 20 heavy (non-hydrogen) atoms. The van der Waals surface area contributed by atoms with Crippen molar-refractivity contribution in [3.63, 3.8) is 0 Å². The van der Waals surface area contributed by atoms with Gasteiger partial charge in [0, 0.05) is 13.1 Å². The predicted molar refractivity (Wildman–Crippen MR) is 84.4 cm³/mol. The average Bonchev–Trinajstić information content (AvgIpc) is 2.48. The summed E-state index contributed by atoms with van der Waals surface area (Å²) < 4.78 is 0. The fourth-order valence-electron chi connectivity index (χ4n) is 2.51. The summed E-state index contributed by atoms with van der Waals surface area (Å²) in [4.78, 5) is 6.77. The Hall–Kier alpha value is -2.09. The van der Waals surface area contributed by atoms with Crippen molar-refractivity contribution >= 4 is 12.0 Å². The summed E-state index contributed by atoms with van der Waals surface area (Å²) in [6.07, 6.45) is 1.96. The lowest BCUT2D eigenvalue weighted by molar-refractivity contribution is 0.414. The monoisotopic (exact) mass is 264 g/mol. The van der Waals surface area contributed by atoms with E-state index in [4.69, 9.17) is 0 Å². The molecule has 0 bridgehead atoms. The van der Waals surface area contributed by atoms with Gasteiger partial charge in [-0.3, -0.25) is 0 Å². The van der Waals surface area contributed by atoms with Crippen LogP contribution in [0.4, 0.5) is 5.69 Å². The normalized spacial score (nSPS) is 13.7. The SMILES string of the molecule is CC(C)c1ccc(CN2C=Nc3ccccc3C2)cc1. The lowest BCUT2D eigenvalue weighted by Gasteiger charge is -2.24. The van der Waals surface area contributed by atoms with E-state index in [0.29, 0.717) is 5.92 Å². The second-order valence-corrected chi connectivity index (χ2v) is 5.67. The van der Waals surface area contributed by atoms with Crippen LogP contribution >= 0.6 is 0 Å². The molecule has 2 heteroatoms. The third kappa shape index (κ3) is 2.74. The van der Waals surface area contributed by atoms with E-state index in [2.05, 4.69) is 66.2 Å². The summed E-state index contributed by atoms with van der Waals surface area (Å²) in [5, 5.41) is 0. The molecule has 102 valence electrons. The van der Waals surface area contributed by atoms with Crippen molar-refractivity contribution in [1.82, 2.24) is 4.90 Å². The minimum absolute atomic E-state index is 0.590. The van der Waals surface area contributed by atoms with Gasteiger partial charge in [0.05, 0.1) is 12.0 Å². The minimum Gasteiger partial charge on any atom is -0.354 e. The van der Waals surface area contributed by atoms with E-state index in [1.54, 1.807) is 0 Å². The maximum atomic E-state index is 4.52. The molecule has 0 fully saturated rings. The fourth-order valence-corrected chi connectivity index (χ4v) is 2.51. The highest BCUT2D eigenvalue weighted by Crippen LogP contribution is 2.24. The number of benzene rings is 2. The van der Waals surface area contributed by atoms with Gasteiger partial charge >= 0.3 is 0 Å². The summed E-state index contributed by atoms with van der Waals surface area (Å²) in [6, 6.07) is 17.3. The first-order chi connectivity index (χ1) is 9.72. The third-order valence-electron chi connectivity index (χ3n) is 3.76. The Morgan fingerprint density at radius 2 is 1.80 bits per heavy atom. The predicted octanol–water partition coefficient (Wildman–Crippen LogP) is 4.49. The summed E-state index contributed by atoms with van der Waals surface area (Å²) in [5.41, 5.74) is 5.12. The van der Waals surface area contributed by atoms with Crippen molar-refractivity contribution in [2.24, 2.45) is 4.99 Å². The standard InChI is InChI=1S/C18H20N2/c1-14(2)16-9-7-15(8-10-16)11-20-12-17-5-3-4-6-18(17)19-13-20/h3-10,13-14H,11-12H2,1-2H3. The molecule has 0 aromatic heterocycles. The van der Waals surface area contributed by atoms with E-state index in [9.17, 15) is 0 Å². The Balaban J connectivity index is 1.71. The Morgan fingerprint density at radius 1 is 1.05 bits per heavy atom. The first-order valence-electron chi connectivity index (χ1n) is 7.17. The smallest absolute Gasteiger partial charge is 0.0918 e. The lowest BCUT2D eigenvalue weighted by Crippen LogP contribution is -2.23. The molecule has 0 unspecified atom stereocenters. The number of nitrogens with zero attached hydrogens (tertiary/aromatic N) is 2. The van der Waals surface area contributed by atoms with Crippen LogP contribution in [0, 0.1) is 0 Å². The van der Waals surface area contributed by atoms with Crippen molar-refractivity contribution < 1.29 is 0 Å². The molecule has 1 aliphatic rings. The summed E-state index contributed by atoms with van der Waals surface area (Å²) in [6.45, 7) is 6.30. The van der Waals surface area contributed by atoms with Crippen LogP contribution in [0.25, 0.3) is 0 Å². The van der Waals surface area contributed by atoms with Gasteiger partial charge in [-0.1, -0.05) is 56.3 Å². The van der Waals surface area contributed by atoms with Crippen LogP contribution in [0.5, 0.6) is 0 Å². The average molecular weight is 264 g/mol. The van der Waals surface area contributed by atoms with Gasteiger partial charge in [0.2, 0.25) is 0 Å². The molecule has 3 rings (SSSR count). The van der Waals surface area contributed by atoms with Crippen molar-refractivity contribution in [3.05, 3.63) is 65.2 Å². The molecular formula is C18H20N2. The van der Waals surface area contributed by atoms with E-state index in [0.717, 1.165) is 18.8 Å². The number of para-hydroxylation sites is 1. The van der Waals surface area contributed by atoms with Crippen LogP contribution < -0.4 is 0 Å². The Morgan fingerprint density at radius 3 is 2.55 bits per heavy atom. The Labute approximate surface area is 120 Å². The Bertz CT molecular complexity index is 612. The molecule has 2 nitrogen and oxygen atoms in total. The van der Waals surface area contributed by atoms with Crippen molar-refractivity contribution in [1.29, 1.82) is 0 Å². The quantitative estimate of drug-likeness (QED) is 0.797. The van der Waals surface area contributed by atoms with E-state index in [-0.39, 0.29) is 0 Å². The lowest BCUT2D eigenvalue weighted by atomic mass is 10.0. The molecule has 0 amide bonds. The number of hydrogen-bond acceptors (Lipinski definition) is 2. The fraction of sp³-hybridized carbons (Fsp3) is 0.278. The van der Waals surface area contributed by atoms with Crippen LogP contribution in [0.15, 0.2) is 53.5 Å². The maximum Gasteiger partial charge on any atom is 0.0918 e. The summed E-state index contributed by atoms with van der Waals surface area (Å²) in [5.74, 6) is 0.590. The van der Waals surface area contributed by atoms with Crippen molar-refractivity contribution in [3.8, 4) is 0 Å². The van der Waals surface area contributed by atoms with Gasteiger partial charge < -0.3 is 4.90 Å². The van der Waals surface area contributed by atoms with Crippen molar-refractivity contribution in [2.75, 3.05) is 0 Å². The minimum atomic E-state index is 0.590. The largest absolute Gasteiger partial charge is 0.354 e. The molecule has 0 saturated carbocycles. The van der Waals surface area contributed by atoms with Gasteiger partial charge in [-0.05, 0) is 28.7 Å². The molecule has 0 atom stereocenters.